The van der Waals surface area contributed by atoms with Crippen LogP contribution in [0.1, 0.15) is 24.8 Å². The Hall–Kier alpha value is -2.54. The highest BCUT2D eigenvalue weighted by Gasteiger charge is 2.38. The number of oxime groups is 1. The van der Waals surface area contributed by atoms with Crippen molar-refractivity contribution in [1.82, 2.24) is 0 Å². The van der Waals surface area contributed by atoms with Crippen LogP contribution in [0, 0.1) is 28.1 Å². The molecule has 0 aliphatic carbocycles. The van der Waals surface area contributed by atoms with E-state index in [0.717, 1.165) is 0 Å². The van der Waals surface area contributed by atoms with Crippen LogP contribution in [0.2, 0.25) is 0 Å². The standard InChI is InChI=1S/C15H14F3N3O/c1-22-21-13(12-5-3-2-4-6-12)9-14(10-19,11-20)7-8-15(16,17)18/h2-6H,7-9H2,1H3. The summed E-state index contributed by atoms with van der Waals surface area (Å²) in [5.41, 5.74) is -0.956. The molecule has 7 heteroatoms. The molecule has 1 rings (SSSR count). The molecule has 0 amide bonds. The topological polar surface area (TPSA) is 69.2 Å². The van der Waals surface area contributed by atoms with E-state index in [0.29, 0.717) is 5.56 Å². The minimum atomic E-state index is -4.43. The van der Waals surface area contributed by atoms with Crippen molar-refractivity contribution in [2.75, 3.05) is 7.11 Å². The van der Waals surface area contributed by atoms with Crippen LogP contribution in [0.3, 0.4) is 0 Å². The van der Waals surface area contributed by atoms with E-state index in [2.05, 4.69) is 9.99 Å². The van der Waals surface area contributed by atoms with Crippen LogP contribution >= 0.6 is 0 Å². The van der Waals surface area contributed by atoms with Gasteiger partial charge >= 0.3 is 6.18 Å². The van der Waals surface area contributed by atoms with Crippen molar-refractivity contribution < 1.29 is 18.0 Å². The van der Waals surface area contributed by atoms with Gasteiger partial charge in [0.05, 0.1) is 17.9 Å². The summed E-state index contributed by atoms with van der Waals surface area (Å²) in [5.74, 6) is 0. The SMILES string of the molecule is CON=C(CC(C#N)(C#N)CCC(F)(F)F)c1ccccc1. The van der Waals surface area contributed by atoms with Crippen LogP contribution in [-0.2, 0) is 4.84 Å². The summed E-state index contributed by atoms with van der Waals surface area (Å²) in [6.07, 6.45) is -6.49. The normalized spacial score (nSPS) is 12.4. The average molecular weight is 309 g/mol. The predicted molar refractivity (Wildman–Crippen MR) is 73.6 cm³/mol. The van der Waals surface area contributed by atoms with Crippen molar-refractivity contribution in [3.05, 3.63) is 35.9 Å². The summed E-state index contributed by atoms with van der Waals surface area (Å²) >= 11 is 0. The molecular weight excluding hydrogens is 295 g/mol. The fourth-order valence-corrected chi connectivity index (χ4v) is 1.87. The molecule has 0 N–H and O–H groups in total. The molecule has 0 aliphatic heterocycles. The number of hydrogen-bond donors (Lipinski definition) is 0. The summed E-state index contributed by atoms with van der Waals surface area (Å²) in [5, 5.41) is 22.2. The first-order valence-electron chi connectivity index (χ1n) is 6.40. The summed E-state index contributed by atoms with van der Waals surface area (Å²) < 4.78 is 37.2. The van der Waals surface area contributed by atoms with E-state index in [1.165, 1.54) is 7.11 Å². The Morgan fingerprint density at radius 3 is 2.18 bits per heavy atom. The van der Waals surface area contributed by atoms with E-state index in [9.17, 15) is 23.7 Å². The molecule has 0 atom stereocenters. The molecule has 116 valence electrons. The highest BCUT2D eigenvalue weighted by Crippen LogP contribution is 2.34. The van der Waals surface area contributed by atoms with Gasteiger partial charge in [-0.3, -0.25) is 0 Å². The molecule has 0 heterocycles. The maximum Gasteiger partial charge on any atom is 0.389 e. The zero-order valence-corrected chi connectivity index (χ0v) is 11.9. The molecule has 4 nitrogen and oxygen atoms in total. The van der Waals surface area contributed by atoms with Crippen molar-refractivity contribution in [2.24, 2.45) is 10.6 Å². The minimum absolute atomic E-state index is 0.242. The van der Waals surface area contributed by atoms with Crippen molar-refractivity contribution in [2.45, 2.75) is 25.4 Å². The van der Waals surface area contributed by atoms with Crippen LogP contribution in [0.4, 0.5) is 13.2 Å². The van der Waals surface area contributed by atoms with E-state index in [1.54, 1.807) is 42.5 Å². The second kappa shape index (κ2) is 7.46. The number of halogens is 3. The van der Waals surface area contributed by atoms with Gasteiger partial charge in [-0.1, -0.05) is 35.5 Å². The van der Waals surface area contributed by atoms with Gasteiger partial charge in [0.25, 0.3) is 0 Å². The second-order valence-electron chi connectivity index (χ2n) is 4.68. The first-order valence-corrected chi connectivity index (χ1v) is 6.40. The van der Waals surface area contributed by atoms with Gasteiger partial charge < -0.3 is 4.84 Å². The van der Waals surface area contributed by atoms with Crippen LogP contribution in [-0.4, -0.2) is 19.0 Å². The van der Waals surface area contributed by atoms with Gasteiger partial charge in [0.15, 0.2) is 0 Å². The molecule has 0 aromatic heterocycles. The number of nitriles is 2. The van der Waals surface area contributed by atoms with Gasteiger partial charge in [-0.15, -0.1) is 0 Å². The van der Waals surface area contributed by atoms with E-state index in [1.807, 2.05) is 0 Å². The zero-order valence-electron chi connectivity index (χ0n) is 11.9. The van der Waals surface area contributed by atoms with Gasteiger partial charge in [-0.2, -0.15) is 23.7 Å². The summed E-state index contributed by atoms with van der Waals surface area (Å²) in [6.45, 7) is 0. The first-order chi connectivity index (χ1) is 10.4. The molecule has 0 saturated heterocycles. The number of rotatable bonds is 6. The fourth-order valence-electron chi connectivity index (χ4n) is 1.87. The molecule has 0 aliphatic rings. The second-order valence-corrected chi connectivity index (χ2v) is 4.68. The van der Waals surface area contributed by atoms with Crippen LogP contribution in [0.15, 0.2) is 35.5 Å². The summed E-state index contributed by atoms with van der Waals surface area (Å²) in [7, 11) is 1.29. The molecule has 0 spiro atoms. The molecule has 1 aromatic rings. The van der Waals surface area contributed by atoms with Crippen molar-refractivity contribution >= 4 is 5.71 Å². The van der Waals surface area contributed by atoms with Gasteiger partial charge in [-0.25, -0.2) is 0 Å². The molecule has 0 saturated carbocycles. The van der Waals surface area contributed by atoms with E-state index < -0.39 is 24.4 Å². The lowest BCUT2D eigenvalue weighted by Gasteiger charge is -2.20. The van der Waals surface area contributed by atoms with E-state index >= 15 is 0 Å². The van der Waals surface area contributed by atoms with Gasteiger partial charge in [0, 0.05) is 12.8 Å². The van der Waals surface area contributed by atoms with Crippen molar-refractivity contribution in [3.8, 4) is 12.1 Å². The average Bonchev–Trinajstić information content (AvgIpc) is 2.51. The Balaban J connectivity index is 3.04. The van der Waals surface area contributed by atoms with E-state index in [-0.39, 0.29) is 12.1 Å². The third-order valence-electron chi connectivity index (χ3n) is 3.04. The van der Waals surface area contributed by atoms with Crippen molar-refractivity contribution in [3.63, 3.8) is 0 Å². The maximum atomic E-state index is 12.4. The molecule has 0 radical (unpaired) electrons. The Bertz CT molecular complexity index is 583. The molecular formula is C15H14F3N3O. The predicted octanol–water partition coefficient (Wildman–Crippen LogP) is 3.80. The van der Waals surface area contributed by atoms with Crippen LogP contribution < -0.4 is 0 Å². The largest absolute Gasteiger partial charge is 0.399 e. The highest BCUT2D eigenvalue weighted by atomic mass is 19.4. The van der Waals surface area contributed by atoms with Gasteiger partial charge in [0.1, 0.15) is 12.5 Å². The number of alkyl halides is 3. The molecule has 0 fully saturated rings. The summed E-state index contributed by atoms with van der Waals surface area (Å²) in [4.78, 5) is 4.69. The number of benzene rings is 1. The molecule has 0 unspecified atom stereocenters. The fraction of sp³-hybridized carbons (Fsp3) is 0.400. The first kappa shape index (κ1) is 17.5. The van der Waals surface area contributed by atoms with Crippen molar-refractivity contribution in [1.29, 1.82) is 10.5 Å². The lowest BCUT2D eigenvalue weighted by Crippen LogP contribution is -2.24. The maximum absolute atomic E-state index is 12.4. The minimum Gasteiger partial charge on any atom is -0.399 e. The Morgan fingerprint density at radius 2 is 1.73 bits per heavy atom. The smallest absolute Gasteiger partial charge is 0.389 e. The summed E-state index contributed by atoms with van der Waals surface area (Å²) in [6, 6.07) is 12.0. The third-order valence-corrected chi connectivity index (χ3v) is 3.04. The van der Waals surface area contributed by atoms with E-state index in [4.69, 9.17) is 0 Å². The Morgan fingerprint density at radius 1 is 1.14 bits per heavy atom. The number of hydrogen-bond acceptors (Lipinski definition) is 4. The van der Waals surface area contributed by atoms with Gasteiger partial charge in [-0.05, 0) is 12.0 Å². The zero-order chi connectivity index (χ0) is 16.6. The third kappa shape index (κ3) is 5.10. The molecule has 22 heavy (non-hydrogen) atoms. The van der Waals surface area contributed by atoms with Gasteiger partial charge in [0.2, 0.25) is 0 Å². The van der Waals surface area contributed by atoms with Crippen LogP contribution in [0.5, 0.6) is 0 Å². The Kier molecular flexibility index (Phi) is 5.94. The Labute approximate surface area is 126 Å². The van der Waals surface area contributed by atoms with Crippen LogP contribution in [0.25, 0.3) is 0 Å². The lowest BCUT2D eigenvalue weighted by atomic mass is 9.80. The molecule has 1 aromatic carbocycles. The lowest BCUT2D eigenvalue weighted by molar-refractivity contribution is -0.138. The highest BCUT2D eigenvalue weighted by molar-refractivity contribution is 6.01. The quantitative estimate of drug-likeness (QED) is 0.593. The monoisotopic (exact) mass is 309 g/mol. The molecule has 0 bridgehead atoms. The number of nitrogens with zero attached hydrogens (tertiary/aromatic N) is 3.